The maximum Gasteiger partial charge on any atom is 0.325 e. The Balaban J connectivity index is 2.02. The lowest BCUT2D eigenvalue weighted by Crippen LogP contribution is -2.42. The van der Waals surface area contributed by atoms with Crippen molar-refractivity contribution in [1.82, 2.24) is 9.88 Å². The molecular formula is C14H15FN2O3. The average Bonchev–Trinajstić information content (AvgIpc) is 2.83. The zero-order chi connectivity index (χ0) is 14.1. The molecule has 0 aliphatic carbocycles. The second-order valence-corrected chi connectivity index (χ2v) is 4.82. The number of morpholine rings is 1. The number of fused-ring (bicyclic) bond motifs is 1. The van der Waals surface area contributed by atoms with E-state index < -0.39 is 12.0 Å². The molecule has 3 rings (SSSR count). The van der Waals surface area contributed by atoms with E-state index >= 15 is 0 Å². The van der Waals surface area contributed by atoms with E-state index in [-0.39, 0.29) is 5.82 Å². The molecule has 1 aliphatic heterocycles. The molecule has 1 aromatic heterocycles. The fourth-order valence-electron chi connectivity index (χ4n) is 2.67. The van der Waals surface area contributed by atoms with Gasteiger partial charge in [0.1, 0.15) is 11.9 Å². The normalized spacial score (nSPS) is 18.2. The Hall–Kier alpha value is -1.92. The Kier molecular flexibility index (Phi) is 3.42. The molecule has 0 amide bonds. The van der Waals surface area contributed by atoms with Crippen molar-refractivity contribution in [2.24, 2.45) is 0 Å². The van der Waals surface area contributed by atoms with E-state index in [0.717, 1.165) is 5.39 Å². The van der Waals surface area contributed by atoms with Gasteiger partial charge in [-0.3, -0.25) is 9.69 Å². The molecule has 2 N–H and O–H groups in total. The molecular weight excluding hydrogens is 263 g/mol. The van der Waals surface area contributed by atoms with Crippen molar-refractivity contribution in [2.75, 3.05) is 26.3 Å². The summed E-state index contributed by atoms with van der Waals surface area (Å²) in [7, 11) is 0. The molecule has 1 aromatic carbocycles. The molecule has 2 aromatic rings. The van der Waals surface area contributed by atoms with Gasteiger partial charge in [-0.05, 0) is 18.2 Å². The van der Waals surface area contributed by atoms with Crippen LogP contribution in [0, 0.1) is 5.82 Å². The molecule has 2 heterocycles. The number of carboxylic acid groups (broad SMARTS) is 1. The van der Waals surface area contributed by atoms with Gasteiger partial charge in [0.25, 0.3) is 0 Å². The van der Waals surface area contributed by atoms with Gasteiger partial charge in [0.15, 0.2) is 0 Å². The SMILES string of the molecule is O=C(O)C(c1c[nH]c2cc(F)ccc12)N1CCOCC1. The number of halogens is 1. The molecule has 5 nitrogen and oxygen atoms in total. The Morgan fingerprint density at radius 1 is 1.40 bits per heavy atom. The van der Waals surface area contributed by atoms with E-state index in [1.54, 1.807) is 12.3 Å². The van der Waals surface area contributed by atoms with E-state index in [1.165, 1.54) is 12.1 Å². The lowest BCUT2D eigenvalue weighted by atomic mass is 10.0. The zero-order valence-corrected chi connectivity index (χ0v) is 10.8. The van der Waals surface area contributed by atoms with E-state index in [9.17, 15) is 14.3 Å². The van der Waals surface area contributed by atoms with Crippen LogP contribution < -0.4 is 0 Å². The summed E-state index contributed by atoms with van der Waals surface area (Å²) < 4.78 is 18.5. The van der Waals surface area contributed by atoms with Gasteiger partial charge in [0, 0.05) is 35.8 Å². The Morgan fingerprint density at radius 3 is 2.85 bits per heavy atom. The highest BCUT2D eigenvalue weighted by molar-refractivity contribution is 5.89. The van der Waals surface area contributed by atoms with E-state index in [4.69, 9.17) is 4.74 Å². The standard InChI is InChI=1S/C14H15FN2O3/c15-9-1-2-10-11(8-16-12(10)7-9)13(14(18)19)17-3-5-20-6-4-17/h1-2,7-8,13,16H,3-6H2,(H,18,19). The molecule has 0 saturated carbocycles. The Labute approximate surface area is 115 Å². The summed E-state index contributed by atoms with van der Waals surface area (Å²) in [6.45, 7) is 2.21. The molecule has 1 unspecified atom stereocenters. The highest BCUT2D eigenvalue weighted by Crippen LogP contribution is 2.29. The first kappa shape index (κ1) is 13.1. The third-order valence-corrected chi connectivity index (χ3v) is 3.62. The molecule has 1 aliphatic rings. The maximum atomic E-state index is 13.2. The summed E-state index contributed by atoms with van der Waals surface area (Å²) in [5.74, 6) is -1.25. The fourth-order valence-corrected chi connectivity index (χ4v) is 2.67. The largest absolute Gasteiger partial charge is 0.480 e. The highest BCUT2D eigenvalue weighted by Gasteiger charge is 2.30. The number of aromatic nitrogens is 1. The number of benzene rings is 1. The van der Waals surface area contributed by atoms with Crippen molar-refractivity contribution >= 4 is 16.9 Å². The van der Waals surface area contributed by atoms with E-state index in [1.807, 2.05) is 4.90 Å². The number of nitrogens with zero attached hydrogens (tertiary/aromatic N) is 1. The van der Waals surface area contributed by atoms with Gasteiger partial charge in [-0.2, -0.15) is 0 Å². The van der Waals surface area contributed by atoms with E-state index in [2.05, 4.69) is 4.98 Å². The number of hydrogen-bond donors (Lipinski definition) is 2. The quantitative estimate of drug-likeness (QED) is 0.898. The van der Waals surface area contributed by atoms with Crippen LogP contribution in [0.3, 0.4) is 0 Å². The molecule has 6 heteroatoms. The molecule has 0 radical (unpaired) electrons. The second-order valence-electron chi connectivity index (χ2n) is 4.82. The van der Waals surface area contributed by atoms with Crippen LogP contribution in [0.1, 0.15) is 11.6 Å². The van der Waals surface area contributed by atoms with Crippen LogP contribution in [0.25, 0.3) is 10.9 Å². The molecule has 1 saturated heterocycles. The number of nitrogens with one attached hydrogen (secondary N) is 1. The third-order valence-electron chi connectivity index (χ3n) is 3.62. The van der Waals surface area contributed by atoms with Gasteiger partial charge in [0.05, 0.1) is 13.2 Å². The predicted molar refractivity (Wildman–Crippen MR) is 71.0 cm³/mol. The van der Waals surface area contributed by atoms with Gasteiger partial charge >= 0.3 is 5.97 Å². The van der Waals surface area contributed by atoms with Crippen LogP contribution in [0.2, 0.25) is 0 Å². The van der Waals surface area contributed by atoms with Crippen molar-refractivity contribution in [1.29, 1.82) is 0 Å². The molecule has 0 bridgehead atoms. The van der Waals surface area contributed by atoms with Crippen LogP contribution in [-0.2, 0) is 9.53 Å². The number of ether oxygens (including phenoxy) is 1. The monoisotopic (exact) mass is 278 g/mol. The highest BCUT2D eigenvalue weighted by atomic mass is 19.1. The number of H-pyrrole nitrogens is 1. The van der Waals surface area contributed by atoms with Crippen molar-refractivity contribution in [3.05, 3.63) is 35.8 Å². The van der Waals surface area contributed by atoms with Crippen molar-refractivity contribution < 1.29 is 19.0 Å². The first-order valence-corrected chi connectivity index (χ1v) is 6.48. The summed E-state index contributed by atoms with van der Waals surface area (Å²) in [6, 6.07) is 3.60. The minimum Gasteiger partial charge on any atom is -0.480 e. The number of hydrogen-bond acceptors (Lipinski definition) is 3. The summed E-state index contributed by atoms with van der Waals surface area (Å²) in [5, 5.41) is 10.3. The predicted octanol–water partition coefficient (Wildman–Crippen LogP) is 1.76. The van der Waals surface area contributed by atoms with Gasteiger partial charge in [-0.25, -0.2) is 4.39 Å². The first-order valence-electron chi connectivity index (χ1n) is 6.48. The summed E-state index contributed by atoms with van der Waals surface area (Å²) >= 11 is 0. The van der Waals surface area contributed by atoms with Crippen LogP contribution in [0.4, 0.5) is 4.39 Å². The topological polar surface area (TPSA) is 65.6 Å². The van der Waals surface area contributed by atoms with Gasteiger partial charge in [-0.15, -0.1) is 0 Å². The first-order chi connectivity index (χ1) is 9.66. The molecule has 106 valence electrons. The Morgan fingerprint density at radius 2 is 2.15 bits per heavy atom. The minimum atomic E-state index is -0.905. The fraction of sp³-hybridized carbons (Fsp3) is 0.357. The number of rotatable bonds is 3. The minimum absolute atomic E-state index is 0.343. The lowest BCUT2D eigenvalue weighted by molar-refractivity contribution is -0.145. The maximum absolute atomic E-state index is 13.2. The third kappa shape index (κ3) is 2.28. The van der Waals surface area contributed by atoms with E-state index in [0.29, 0.717) is 37.4 Å². The molecule has 1 atom stereocenters. The zero-order valence-electron chi connectivity index (χ0n) is 10.8. The molecule has 1 fully saturated rings. The lowest BCUT2D eigenvalue weighted by Gasteiger charge is -2.31. The van der Waals surface area contributed by atoms with Crippen molar-refractivity contribution in [2.45, 2.75) is 6.04 Å². The molecule has 20 heavy (non-hydrogen) atoms. The van der Waals surface area contributed by atoms with Crippen molar-refractivity contribution in [3.63, 3.8) is 0 Å². The van der Waals surface area contributed by atoms with Crippen LogP contribution >= 0.6 is 0 Å². The number of aromatic amines is 1. The average molecular weight is 278 g/mol. The summed E-state index contributed by atoms with van der Waals surface area (Å²) in [6.07, 6.45) is 1.65. The number of carboxylic acids is 1. The number of aliphatic carboxylic acids is 1. The van der Waals surface area contributed by atoms with Crippen LogP contribution in [0.15, 0.2) is 24.4 Å². The summed E-state index contributed by atoms with van der Waals surface area (Å²) in [4.78, 5) is 16.5. The second kappa shape index (κ2) is 5.22. The van der Waals surface area contributed by atoms with Crippen LogP contribution in [0.5, 0.6) is 0 Å². The van der Waals surface area contributed by atoms with Gasteiger partial charge < -0.3 is 14.8 Å². The Bertz CT molecular complexity index is 634. The van der Waals surface area contributed by atoms with Gasteiger partial charge in [-0.1, -0.05) is 0 Å². The van der Waals surface area contributed by atoms with Crippen LogP contribution in [-0.4, -0.2) is 47.3 Å². The smallest absolute Gasteiger partial charge is 0.325 e. The molecule has 0 spiro atoms. The summed E-state index contributed by atoms with van der Waals surface area (Å²) in [5.41, 5.74) is 1.27. The van der Waals surface area contributed by atoms with Crippen molar-refractivity contribution in [3.8, 4) is 0 Å². The van der Waals surface area contributed by atoms with Gasteiger partial charge in [0.2, 0.25) is 0 Å². The number of carbonyl (C=O) groups is 1.